The van der Waals surface area contributed by atoms with Gasteiger partial charge in [-0.25, -0.2) is 0 Å². The van der Waals surface area contributed by atoms with Gasteiger partial charge in [0.1, 0.15) is 0 Å². The largest absolute Gasteiger partial charge is 0.339 e. The first-order valence-corrected chi connectivity index (χ1v) is 5.12. The maximum Gasteiger partial charge on any atom is 0.275 e. The van der Waals surface area contributed by atoms with Gasteiger partial charge in [-0.05, 0) is 19.4 Å². The van der Waals surface area contributed by atoms with E-state index in [0.29, 0.717) is 11.7 Å². The number of likely N-dealkylation sites (N-methyl/N-ethyl adjacent to an activating group) is 1. The number of H-pyrrole nitrogens is 1. The molecule has 2 N–H and O–H groups in total. The van der Waals surface area contributed by atoms with E-state index in [1.807, 2.05) is 0 Å². The highest BCUT2D eigenvalue weighted by Crippen LogP contribution is 2.07. The number of aromatic nitrogens is 3. The third kappa shape index (κ3) is 2.33. The number of hydrogen-bond acceptors (Lipinski definition) is 4. The van der Waals surface area contributed by atoms with Crippen LogP contribution in [0.2, 0.25) is 0 Å². The smallest absolute Gasteiger partial charge is 0.275 e. The molecular weight excluding hydrogens is 194 g/mol. The Kier molecular flexibility index (Phi) is 2.96. The summed E-state index contributed by atoms with van der Waals surface area (Å²) in [7, 11) is 1.79. The van der Waals surface area contributed by atoms with Gasteiger partial charge in [0.05, 0.1) is 6.20 Å². The number of amides is 1. The predicted molar refractivity (Wildman–Crippen MR) is 54.4 cm³/mol. The van der Waals surface area contributed by atoms with Crippen molar-refractivity contribution >= 4 is 5.91 Å². The maximum absolute atomic E-state index is 11.8. The van der Waals surface area contributed by atoms with Gasteiger partial charge >= 0.3 is 0 Å². The van der Waals surface area contributed by atoms with Crippen LogP contribution in [-0.4, -0.2) is 52.4 Å². The molecule has 2 heterocycles. The molecule has 1 amide bonds. The minimum absolute atomic E-state index is 0.0857. The zero-order chi connectivity index (χ0) is 10.7. The summed E-state index contributed by atoms with van der Waals surface area (Å²) in [6.45, 7) is 1.78. The molecule has 1 aliphatic heterocycles. The van der Waals surface area contributed by atoms with E-state index in [4.69, 9.17) is 0 Å². The molecule has 6 heteroatoms. The highest BCUT2D eigenvalue weighted by atomic mass is 16.2. The van der Waals surface area contributed by atoms with Gasteiger partial charge in [0, 0.05) is 19.6 Å². The third-order valence-corrected chi connectivity index (χ3v) is 2.64. The van der Waals surface area contributed by atoms with Crippen LogP contribution in [0, 0.1) is 0 Å². The van der Waals surface area contributed by atoms with E-state index >= 15 is 0 Å². The van der Waals surface area contributed by atoms with Gasteiger partial charge in [-0.2, -0.15) is 15.4 Å². The molecule has 0 aliphatic carbocycles. The fourth-order valence-electron chi connectivity index (χ4n) is 1.83. The van der Waals surface area contributed by atoms with Crippen LogP contribution in [-0.2, 0) is 0 Å². The van der Waals surface area contributed by atoms with Crippen LogP contribution in [0.15, 0.2) is 6.20 Å². The quantitative estimate of drug-likeness (QED) is 0.712. The Morgan fingerprint density at radius 1 is 1.73 bits per heavy atom. The fourth-order valence-corrected chi connectivity index (χ4v) is 1.83. The Labute approximate surface area is 88.0 Å². The van der Waals surface area contributed by atoms with E-state index in [1.165, 1.54) is 12.6 Å². The predicted octanol–water partition coefficient (Wildman–Crippen LogP) is -0.371. The van der Waals surface area contributed by atoms with Gasteiger partial charge in [-0.3, -0.25) is 4.79 Å². The summed E-state index contributed by atoms with van der Waals surface area (Å²) >= 11 is 0. The van der Waals surface area contributed by atoms with Gasteiger partial charge in [0.2, 0.25) is 0 Å². The van der Waals surface area contributed by atoms with Crippen molar-refractivity contribution in [3.8, 4) is 0 Å². The van der Waals surface area contributed by atoms with Crippen LogP contribution >= 0.6 is 0 Å². The lowest BCUT2D eigenvalue weighted by Crippen LogP contribution is -2.38. The molecule has 6 nitrogen and oxygen atoms in total. The van der Waals surface area contributed by atoms with Crippen molar-refractivity contribution in [3.63, 3.8) is 0 Å². The molecule has 0 spiro atoms. The second-order valence-corrected chi connectivity index (χ2v) is 3.83. The number of nitrogens with zero attached hydrogens (tertiary/aromatic N) is 3. The molecule has 1 atom stereocenters. The Morgan fingerprint density at radius 2 is 2.60 bits per heavy atom. The standard InChI is InChI=1S/C9H15N5O/c1-14(6-7-3-2-4-10-7)9(15)8-5-11-13-12-8/h5,7,10H,2-4,6H2,1H3,(H,11,12,13). The molecule has 1 saturated heterocycles. The SMILES string of the molecule is CN(CC1CCCN1)C(=O)c1cn[nH]n1. The number of hydrogen-bond donors (Lipinski definition) is 2. The molecule has 1 aromatic heterocycles. The maximum atomic E-state index is 11.8. The number of nitrogens with one attached hydrogen (secondary N) is 2. The van der Waals surface area contributed by atoms with E-state index in [9.17, 15) is 4.79 Å². The lowest BCUT2D eigenvalue weighted by atomic mass is 10.2. The number of carbonyl (C=O) groups is 1. The molecule has 2 rings (SSSR count). The highest BCUT2D eigenvalue weighted by molar-refractivity contribution is 5.91. The molecule has 1 fully saturated rings. The summed E-state index contributed by atoms with van der Waals surface area (Å²) in [4.78, 5) is 13.5. The molecule has 1 unspecified atom stereocenters. The molecule has 0 saturated carbocycles. The van der Waals surface area contributed by atoms with Crippen LogP contribution in [0.4, 0.5) is 0 Å². The zero-order valence-corrected chi connectivity index (χ0v) is 8.73. The molecule has 0 radical (unpaired) electrons. The van der Waals surface area contributed by atoms with Crippen molar-refractivity contribution in [2.75, 3.05) is 20.1 Å². The molecule has 0 aromatic carbocycles. The van der Waals surface area contributed by atoms with Crippen LogP contribution in [0.25, 0.3) is 0 Å². The van der Waals surface area contributed by atoms with Crippen molar-refractivity contribution < 1.29 is 4.79 Å². The van der Waals surface area contributed by atoms with E-state index in [2.05, 4.69) is 20.7 Å². The van der Waals surface area contributed by atoms with Crippen molar-refractivity contribution in [3.05, 3.63) is 11.9 Å². The molecule has 82 valence electrons. The van der Waals surface area contributed by atoms with Crippen molar-refractivity contribution in [2.24, 2.45) is 0 Å². The van der Waals surface area contributed by atoms with Gasteiger partial charge in [0.15, 0.2) is 5.69 Å². The second-order valence-electron chi connectivity index (χ2n) is 3.83. The van der Waals surface area contributed by atoms with Crippen molar-refractivity contribution in [1.82, 2.24) is 25.6 Å². The normalized spacial score (nSPS) is 20.5. The van der Waals surface area contributed by atoms with Gasteiger partial charge < -0.3 is 10.2 Å². The lowest BCUT2D eigenvalue weighted by Gasteiger charge is -2.20. The zero-order valence-electron chi connectivity index (χ0n) is 8.73. The molecule has 1 aromatic rings. The number of rotatable bonds is 3. The summed E-state index contributed by atoms with van der Waals surface area (Å²) in [5, 5.41) is 13.2. The van der Waals surface area contributed by atoms with Crippen molar-refractivity contribution in [1.29, 1.82) is 0 Å². The molecule has 1 aliphatic rings. The number of carbonyl (C=O) groups excluding carboxylic acids is 1. The van der Waals surface area contributed by atoms with Crippen LogP contribution in [0.1, 0.15) is 23.3 Å². The van der Waals surface area contributed by atoms with Crippen LogP contribution in [0.3, 0.4) is 0 Å². The first-order valence-electron chi connectivity index (χ1n) is 5.12. The summed E-state index contributed by atoms with van der Waals surface area (Å²) in [6, 6.07) is 0.422. The van der Waals surface area contributed by atoms with Gasteiger partial charge in [0.25, 0.3) is 5.91 Å². The second kappa shape index (κ2) is 4.39. The monoisotopic (exact) mass is 209 g/mol. The van der Waals surface area contributed by atoms with E-state index in [1.54, 1.807) is 11.9 Å². The Balaban J connectivity index is 1.90. The fraction of sp³-hybridized carbons (Fsp3) is 0.667. The van der Waals surface area contributed by atoms with E-state index in [-0.39, 0.29) is 5.91 Å². The average Bonchev–Trinajstić information content (AvgIpc) is 2.88. The average molecular weight is 209 g/mol. The first-order chi connectivity index (χ1) is 7.27. The topological polar surface area (TPSA) is 73.9 Å². The molecule has 15 heavy (non-hydrogen) atoms. The van der Waals surface area contributed by atoms with Crippen molar-refractivity contribution in [2.45, 2.75) is 18.9 Å². The first kappa shape index (κ1) is 10.1. The summed E-state index contributed by atoms with van der Waals surface area (Å²) in [5.74, 6) is -0.0857. The Hall–Kier alpha value is -1.43. The van der Waals surface area contributed by atoms with E-state index < -0.39 is 0 Å². The summed E-state index contributed by atoms with van der Waals surface area (Å²) in [5.41, 5.74) is 0.371. The summed E-state index contributed by atoms with van der Waals surface area (Å²) in [6.07, 6.45) is 3.77. The van der Waals surface area contributed by atoms with E-state index in [0.717, 1.165) is 19.5 Å². The third-order valence-electron chi connectivity index (χ3n) is 2.64. The molecule has 0 bridgehead atoms. The molecular formula is C9H15N5O. The Bertz CT molecular complexity index is 317. The minimum Gasteiger partial charge on any atom is -0.339 e. The lowest BCUT2D eigenvalue weighted by molar-refractivity contribution is 0.0778. The number of aromatic amines is 1. The highest BCUT2D eigenvalue weighted by Gasteiger charge is 2.20. The Morgan fingerprint density at radius 3 is 3.20 bits per heavy atom. The minimum atomic E-state index is -0.0857. The van der Waals surface area contributed by atoms with Gasteiger partial charge in [-0.1, -0.05) is 0 Å². The van der Waals surface area contributed by atoms with Crippen LogP contribution < -0.4 is 5.32 Å². The summed E-state index contributed by atoms with van der Waals surface area (Å²) < 4.78 is 0. The van der Waals surface area contributed by atoms with Crippen LogP contribution in [0.5, 0.6) is 0 Å². The van der Waals surface area contributed by atoms with Gasteiger partial charge in [-0.15, -0.1) is 0 Å².